The van der Waals surface area contributed by atoms with Gasteiger partial charge in [0, 0.05) is 31.9 Å². The molecular weight excluding hydrogens is 304 g/mol. The number of carbonyl (C=O) groups excluding carboxylic acids is 1. The van der Waals surface area contributed by atoms with Gasteiger partial charge >= 0.3 is 0 Å². The van der Waals surface area contributed by atoms with Gasteiger partial charge in [-0.25, -0.2) is 4.98 Å². The maximum absolute atomic E-state index is 12.1. The molecule has 1 aromatic carbocycles. The van der Waals surface area contributed by atoms with Gasteiger partial charge < -0.3 is 10.6 Å². The second kappa shape index (κ2) is 6.74. The Bertz CT molecular complexity index is 637. The van der Waals surface area contributed by atoms with Crippen LogP contribution in [0.25, 0.3) is 10.2 Å². The number of anilines is 1. The summed E-state index contributed by atoms with van der Waals surface area (Å²) in [6.07, 6.45) is 2.02. The predicted molar refractivity (Wildman–Crippen MR) is 89.3 cm³/mol. The molecule has 0 saturated carbocycles. The summed E-state index contributed by atoms with van der Waals surface area (Å²) in [5.74, 6) is 0.0471. The van der Waals surface area contributed by atoms with Crippen LogP contribution in [0.1, 0.15) is 0 Å². The number of nitrogens with zero attached hydrogens (tertiary/aromatic N) is 2. The third-order valence-electron chi connectivity index (χ3n) is 3.40. The lowest BCUT2D eigenvalue weighted by molar-refractivity contribution is -0.117. The van der Waals surface area contributed by atoms with E-state index in [2.05, 4.69) is 20.5 Å². The number of rotatable bonds is 4. The number of aromatic nitrogens is 1. The summed E-state index contributed by atoms with van der Waals surface area (Å²) < 4.78 is 2.16. The number of carbonyl (C=O) groups is 1. The molecule has 21 heavy (non-hydrogen) atoms. The Kier molecular flexibility index (Phi) is 4.74. The third-order valence-corrected chi connectivity index (χ3v) is 5.41. The largest absolute Gasteiger partial charge is 0.325 e. The quantitative estimate of drug-likeness (QED) is 0.842. The molecule has 2 N–H and O–H groups in total. The summed E-state index contributed by atoms with van der Waals surface area (Å²) in [5, 5.41) is 6.26. The van der Waals surface area contributed by atoms with Gasteiger partial charge in [-0.15, -0.1) is 11.3 Å². The zero-order chi connectivity index (χ0) is 14.7. The van der Waals surface area contributed by atoms with Crippen molar-refractivity contribution in [3.8, 4) is 0 Å². The molecular formula is C14H18N4OS2. The first-order valence-corrected chi connectivity index (χ1v) is 8.96. The Morgan fingerprint density at radius 2 is 2.29 bits per heavy atom. The summed E-state index contributed by atoms with van der Waals surface area (Å²) in [6.45, 7) is 4.23. The maximum atomic E-state index is 12.1. The minimum absolute atomic E-state index is 0.0471. The molecule has 5 nitrogen and oxygen atoms in total. The average Bonchev–Trinajstić information content (AvgIpc) is 2.90. The molecule has 3 rings (SSSR count). The second-order valence-electron chi connectivity index (χ2n) is 4.94. The van der Waals surface area contributed by atoms with Crippen molar-refractivity contribution in [3.05, 3.63) is 18.2 Å². The number of thiazole rings is 1. The summed E-state index contributed by atoms with van der Waals surface area (Å²) in [6, 6.07) is 5.89. The lowest BCUT2D eigenvalue weighted by Gasteiger charge is -2.26. The van der Waals surface area contributed by atoms with E-state index in [4.69, 9.17) is 0 Å². The molecule has 0 bridgehead atoms. The van der Waals surface area contributed by atoms with E-state index in [1.165, 1.54) is 0 Å². The highest BCUT2D eigenvalue weighted by molar-refractivity contribution is 8.00. The predicted octanol–water partition coefficient (Wildman–Crippen LogP) is 1.86. The number of hydrogen-bond donors (Lipinski definition) is 2. The van der Waals surface area contributed by atoms with Gasteiger partial charge in [0.15, 0.2) is 4.34 Å². The molecule has 0 atom stereocenters. The van der Waals surface area contributed by atoms with Crippen LogP contribution in [-0.2, 0) is 4.79 Å². The van der Waals surface area contributed by atoms with Crippen LogP contribution >= 0.6 is 23.1 Å². The first-order chi connectivity index (χ1) is 10.2. The molecule has 7 heteroatoms. The van der Waals surface area contributed by atoms with Gasteiger partial charge in [0.05, 0.1) is 16.8 Å². The van der Waals surface area contributed by atoms with Crippen LogP contribution in [-0.4, -0.2) is 54.8 Å². The monoisotopic (exact) mass is 322 g/mol. The van der Waals surface area contributed by atoms with Crippen LogP contribution in [0.15, 0.2) is 22.5 Å². The number of fused-ring (bicyclic) bond motifs is 1. The van der Waals surface area contributed by atoms with Crippen LogP contribution < -0.4 is 10.6 Å². The second-order valence-corrected chi connectivity index (χ2v) is 7.02. The zero-order valence-corrected chi connectivity index (χ0v) is 13.5. The molecule has 1 saturated heterocycles. The molecule has 0 spiro atoms. The first kappa shape index (κ1) is 14.8. The van der Waals surface area contributed by atoms with E-state index in [9.17, 15) is 4.79 Å². The minimum atomic E-state index is 0.0471. The Morgan fingerprint density at radius 3 is 3.05 bits per heavy atom. The van der Waals surface area contributed by atoms with Crippen molar-refractivity contribution in [3.63, 3.8) is 0 Å². The zero-order valence-electron chi connectivity index (χ0n) is 11.9. The van der Waals surface area contributed by atoms with E-state index in [-0.39, 0.29) is 5.91 Å². The highest BCUT2D eigenvalue weighted by atomic mass is 32.2. The molecule has 2 aromatic rings. The normalized spacial score (nSPS) is 16.2. The number of nitrogens with one attached hydrogen (secondary N) is 2. The number of piperazine rings is 1. The van der Waals surface area contributed by atoms with E-state index < -0.39 is 0 Å². The fourth-order valence-electron chi connectivity index (χ4n) is 2.34. The average molecular weight is 322 g/mol. The Morgan fingerprint density at radius 1 is 1.48 bits per heavy atom. The van der Waals surface area contributed by atoms with Gasteiger partial charge in [0.2, 0.25) is 5.91 Å². The van der Waals surface area contributed by atoms with Crippen LogP contribution in [0.5, 0.6) is 0 Å². The van der Waals surface area contributed by atoms with E-state index in [0.717, 1.165) is 46.4 Å². The number of benzene rings is 1. The standard InChI is InChI=1S/C14H18N4OS2/c1-20-14-17-11-3-2-10(8-12(11)21-14)16-13(19)9-18-6-4-15-5-7-18/h2-3,8,15H,4-7,9H2,1H3,(H,16,19). The lowest BCUT2D eigenvalue weighted by atomic mass is 10.3. The SMILES string of the molecule is CSc1nc2ccc(NC(=O)CN3CCNCC3)cc2s1. The van der Waals surface area contributed by atoms with E-state index in [0.29, 0.717) is 6.54 Å². The van der Waals surface area contributed by atoms with Crippen molar-refractivity contribution in [2.24, 2.45) is 0 Å². The molecule has 0 radical (unpaired) electrons. The fourth-order valence-corrected chi connectivity index (χ4v) is 3.87. The van der Waals surface area contributed by atoms with Gasteiger partial charge in [-0.05, 0) is 24.5 Å². The molecule has 1 aromatic heterocycles. The van der Waals surface area contributed by atoms with E-state index >= 15 is 0 Å². The first-order valence-electron chi connectivity index (χ1n) is 6.92. The van der Waals surface area contributed by atoms with Gasteiger partial charge in [-0.2, -0.15) is 0 Å². The minimum Gasteiger partial charge on any atom is -0.325 e. The molecule has 0 aliphatic carbocycles. The van der Waals surface area contributed by atoms with Crippen molar-refractivity contribution >= 4 is 44.9 Å². The Balaban J connectivity index is 1.64. The van der Waals surface area contributed by atoms with Gasteiger partial charge in [0.1, 0.15) is 0 Å². The molecule has 1 fully saturated rings. The summed E-state index contributed by atoms with van der Waals surface area (Å²) in [7, 11) is 0. The molecule has 1 amide bonds. The lowest BCUT2D eigenvalue weighted by Crippen LogP contribution is -2.46. The smallest absolute Gasteiger partial charge is 0.238 e. The van der Waals surface area contributed by atoms with Crippen molar-refractivity contribution in [1.82, 2.24) is 15.2 Å². The topological polar surface area (TPSA) is 57.3 Å². The highest BCUT2D eigenvalue weighted by Gasteiger charge is 2.13. The number of amides is 1. The summed E-state index contributed by atoms with van der Waals surface area (Å²) >= 11 is 3.30. The molecule has 2 heterocycles. The van der Waals surface area contributed by atoms with E-state index in [1.807, 2.05) is 24.5 Å². The van der Waals surface area contributed by atoms with Crippen molar-refractivity contribution in [2.75, 3.05) is 44.3 Å². The molecule has 1 aliphatic rings. The molecule has 112 valence electrons. The van der Waals surface area contributed by atoms with Crippen LogP contribution in [0.2, 0.25) is 0 Å². The summed E-state index contributed by atoms with van der Waals surface area (Å²) in [4.78, 5) is 18.8. The Hall–Kier alpha value is -1.15. The van der Waals surface area contributed by atoms with Crippen LogP contribution in [0, 0.1) is 0 Å². The van der Waals surface area contributed by atoms with Gasteiger partial charge in [-0.3, -0.25) is 9.69 Å². The van der Waals surface area contributed by atoms with Crippen LogP contribution in [0.4, 0.5) is 5.69 Å². The third kappa shape index (κ3) is 3.74. The summed E-state index contributed by atoms with van der Waals surface area (Å²) in [5.41, 5.74) is 1.84. The van der Waals surface area contributed by atoms with E-state index in [1.54, 1.807) is 23.1 Å². The van der Waals surface area contributed by atoms with Gasteiger partial charge in [0.25, 0.3) is 0 Å². The molecule has 0 unspecified atom stereocenters. The maximum Gasteiger partial charge on any atom is 0.238 e. The number of hydrogen-bond acceptors (Lipinski definition) is 6. The van der Waals surface area contributed by atoms with Crippen molar-refractivity contribution in [1.29, 1.82) is 0 Å². The Labute approximate surface area is 132 Å². The molecule has 1 aliphatic heterocycles. The van der Waals surface area contributed by atoms with Crippen LogP contribution in [0.3, 0.4) is 0 Å². The van der Waals surface area contributed by atoms with Crippen molar-refractivity contribution < 1.29 is 4.79 Å². The van der Waals surface area contributed by atoms with Gasteiger partial charge in [-0.1, -0.05) is 11.8 Å². The number of thioether (sulfide) groups is 1. The van der Waals surface area contributed by atoms with Crippen molar-refractivity contribution in [2.45, 2.75) is 4.34 Å². The fraction of sp³-hybridized carbons (Fsp3) is 0.429. The highest BCUT2D eigenvalue weighted by Crippen LogP contribution is 2.29.